The number of hydrogen-bond donors (Lipinski definition) is 1. The fraction of sp³-hybridized carbons (Fsp3) is 0.389. The third-order valence-electron chi connectivity index (χ3n) is 3.96. The lowest BCUT2D eigenvalue weighted by Crippen LogP contribution is -2.37. The van der Waals surface area contributed by atoms with Gasteiger partial charge in [-0.25, -0.2) is 9.67 Å². The zero-order valence-electron chi connectivity index (χ0n) is 15.4. The van der Waals surface area contributed by atoms with Crippen molar-refractivity contribution in [1.82, 2.24) is 30.3 Å². The highest BCUT2D eigenvalue weighted by atomic mass is 32.2. The Hall–Kier alpha value is -2.68. The fourth-order valence-corrected chi connectivity index (χ4v) is 3.42. The first-order valence-electron chi connectivity index (χ1n) is 8.69. The molecule has 2 aromatic heterocycles. The second kappa shape index (κ2) is 8.81. The molecule has 2 unspecified atom stereocenters. The molecule has 0 bridgehead atoms. The Morgan fingerprint density at radius 1 is 1.22 bits per heavy atom. The summed E-state index contributed by atoms with van der Waals surface area (Å²) in [5.41, 5.74) is 1.06. The zero-order valence-corrected chi connectivity index (χ0v) is 16.3. The van der Waals surface area contributed by atoms with Crippen LogP contribution in [0.2, 0.25) is 0 Å². The largest absolute Gasteiger partial charge is 0.414 e. The minimum Gasteiger partial charge on any atom is -0.414 e. The normalized spacial score (nSPS) is 13.5. The van der Waals surface area contributed by atoms with Crippen LogP contribution in [0.5, 0.6) is 0 Å². The van der Waals surface area contributed by atoms with Crippen molar-refractivity contribution in [3.8, 4) is 0 Å². The van der Waals surface area contributed by atoms with E-state index in [1.807, 2.05) is 51.1 Å². The monoisotopic (exact) mass is 386 g/mol. The molecule has 27 heavy (non-hydrogen) atoms. The number of rotatable bonds is 8. The van der Waals surface area contributed by atoms with Crippen molar-refractivity contribution >= 4 is 17.7 Å². The van der Waals surface area contributed by atoms with Crippen LogP contribution in [0.25, 0.3) is 0 Å². The molecule has 0 aliphatic rings. The van der Waals surface area contributed by atoms with E-state index in [0.717, 1.165) is 5.56 Å². The number of hydrogen-bond acceptors (Lipinski definition) is 7. The molecule has 9 heteroatoms. The highest BCUT2D eigenvalue weighted by Gasteiger charge is 2.27. The molecule has 0 saturated carbocycles. The van der Waals surface area contributed by atoms with E-state index in [0.29, 0.717) is 17.7 Å². The van der Waals surface area contributed by atoms with Crippen LogP contribution in [-0.4, -0.2) is 36.1 Å². The smallest absolute Gasteiger partial charge is 0.277 e. The number of carbonyl (C=O) groups excluding carboxylic acids is 1. The van der Waals surface area contributed by atoms with E-state index < -0.39 is 0 Å². The first-order chi connectivity index (χ1) is 13.0. The van der Waals surface area contributed by atoms with Crippen LogP contribution in [0.1, 0.15) is 38.3 Å². The number of carbonyl (C=O) groups is 1. The third-order valence-corrected chi connectivity index (χ3v) is 5.34. The molecule has 1 N–H and O–H groups in total. The van der Waals surface area contributed by atoms with Gasteiger partial charge in [-0.3, -0.25) is 4.79 Å². The van der Waals surface area contributed by atoms with E-state index in [9.17, 15) is 4.79 Å². The summed E-state index contributed by atoms with van der Waals surface area (Å²) in [6.45, 7) is 6.31. The number of aromatic nitrogens is 5. The van der Waals surface area contributed by atoms with E-state index in [2.05, 4.69) is 25.6 Å². The van der Waals surface area contributed by atoms with Crippen LogP contribution in [0, 0.1) is 5.92 Å². The molecule has 8 nitrogen and oxygen atoms in total. The van der Waals surface area contributed by atoms with Gasteiger partial charge in [-0.1, -0.05) is 55.9 Å². The minimum atomic E-state index is -0.337. The fourth-order valence-electron chi connectivity index (χ4n) is 2.52. The lowest BCUT2D eigenvalue weighted by atomic mass is 10.1. The molecule has 0 saturated heterocycles. The van der Waals surface area contributed by atoms with Crippen LogP contribution in [0.15, 0.2) is 52.6 Å². The summed E-state index contributed by atoms with van der Waals surface area (Å²) in [4.78, 5) is 16.7. The summed E-state index contributed by atoms with van der Waals surface area (Å²) >= 11 is 1.28. The number of amides is 1. The molecule has 0 aliphatic carbocycles. The highest BCUT2D eigenvalue weighted by Crippen LogP contribution is 2.28. The summed E-state index contributed by atoms with van der Waals surface area (Å²) in [6, 6.07) is 9.79. The molecular formula is C18H22N6O2S. The van der Waals surface area contributed by atoms with Crippen molar-refractivity contribution in [2.45, 2.75) is 43.8 Å². The van der Waals surface area contributed by atoms with E-state index >= 15 is 0 Å². The number of nitrogens with zero attached hydrogens (tertiary/aromatic N) is 5. The lowest BCUT2D eigenvalue weighted by molar-refractivity contribution is -0.121. The SMILES string of the molecule is CC(NC(=O)C(Sc1nnc(Cn2cncn2)o1)C(C)C)c1ccccc1. The van der Waals surface area contributed by atoms with Gasteiger partial charge in [0.15, 0.2) is 0 Å². The molecule has 2 atom stereocenters. The van der Waals surface area contributed by atoms with E-state index in [1.165, 1.54) is 18.1 Å². The van der Waals surface area contributed by atoms with Gasteiger partial charge >= 0.3 is 0 Å². The van der Waals surface area contributed by atoms with Gasteiger partial charge in [0.2, 0.25) is 11.8 Å². The Morgan fingerprint density at radius 3 is 2.67 bits per heavy atom. The molecule has 1 amide bonds. The number of benzene rings is 1. The Labute approximate surface area is 161 Å². The van der Waals surface area contributed by atoms with E-state index in [-0.39, 0.29) is 23.1 Å². The minimum absolute atomic E-state index is 0.0534. The van der Waals surface area contributed by atoms with Crippen molar-refractivity contribution in [2.75, 3.05) is 0 Å². The summed E-state index contributed by atoms with van der Waals surface area (Å²) in [5.74, 6) is 0.467. The topological polar surface area (TPSA) is 98.7 Å². The Balaban J connectivity index is 1.63. The van der Waals surface area contributed by atoms with Gasteiger partial charge in [0.1, 0.15) is 19.2 Å². The number of nitrogens with one attached hydrogen (secondary N) is 1. The molecule has 0 aliphatic heterocycles. The van der Waals surface area contributed by atoms with Gasteiger partial charge in [0.05, 0.1) is 11.3 Å². The predicted molar refractivity (Wildman–Crippen MR) is 101 cm³/mol. The van der Waals surface area contributed by atoms with Gasteiger partial charge in [-0.15, -0.1) is 10.2 Å². The van der Waals surface area contributed by atoms with Crippen LogP contribution < -0.4 is 5.32 Å². The van der Waals surface area contributed by atoms with Crippen molar-refractivity contribution in [2.24, 2.45) is 5.92 Å². The van der Waals surface area contributed by atoms with Crippen molar-refractivity contribution < 1.29 is 9.21 Å². The van der Waals surface area contributed by atoms with E-state index in [1.54, 1.807) is 11.0 Å². The maximum Gasteiger partial charge on any atom is 0.277 e. The van der Waals surface area contributed by atoms with Crippen LogP contribution in [0.3, 0.4) is 0 Å². The highest BCUT2D eigenvalue weighted by molar-refractivity contribution is 8.00. The molecule has 142 valence electrons. The van der Waals surface area contributed by atoms with Crippen LogP contribution in [0.4, 0.5) is 0 Å². The average Bonchev–Trinajstić information content (AvgIpc) is 3.32. The molecule has 0 spiro atoms. The summed E-state index contributed by atoms with van der Waals surface area (Å²) in [5, 5.41) is 15.2. The van der Waals surface area contributed by atoms with Gasteiger partial charge in [0.25, 0.3) is 5.22 Å². The Kier molecular flexibility index (Phi) is 6.23. The van der Waals surface area contributed by atoms with Crippen molar-refractivity contribution in [3.05, 3.63) is 54.4 Å². The number of thioether (sulfide) groups is 1. The molecular weight excluding hydrogens is 364 g/mol. The molecule has 2 heterocycles. The maximum atomic E-state index is 12.8. The van der Waals surface area contributed by atoms with E-state index in [4.69, 9.17) is 4.42 Å². The lowest BCUT2D eigenvalue weighted by Gasteiger charge is -2.21. The molecule has 0 radical (unpaired) electrons. The Morgan fingerprint density at radius 2 is 2.00 bits per heavy atom. The molecule has 3 rings (SSSR count). The van der Waals surface area contributed by atoms with Gasteiger partial charge in [-0.2, -0.15) is 5.10 Å². The third kappa shape index (κ3) is 5.16. The summed E-state index contributed by atoms with van der Waals surface area (Å²) < 4.78 is 7.24. The van der Waals surface area contributed by atoms with Crippen molar-refractivity contribution in [1.29, 1.82) is 0 Å². The molecule has 0 fully saturated rings. The molecule has 1 aromatic carbocycles. The second-order valence-electron chi connectivity index (χ2n) is 6.48. The first-order valence-corrected chi connectivity index (χ1v) is 9.57. The average molecular weight is 386 g/mol. The van der Waals surface area contributed by atoms with Crippen LogP contribution >= 0.6 is 11.8 Å². The first kappa shape index (κ1) is 19.1. The van der Waals surface area contributed by atoms with Gasteiger partial charge < -0.3 is 9.73 Å². The van der Waals surface area contributed by atoms with Gasteiger partial charge in [0, 0.05) is 0 Å². The summed E-state index contributed by atoms with van der Waals surface area (Å²) in [6.07, 6.45) is 3.02. The van der Waals surface area contributed by atoms with Crippen LogP contribution in [-0.2, 0) is 11.3 Å². The standard InChI is InChI=1S/C18H22N6O2S/c1-12(2)16(17(25)21-13(3)14-7-5-4-6-8-14)27-18-23-22-15(26-18)9-24-11-19-10-20-24/h4-8,10-13,16H,9H2,1-3H3,(H,21,25). The maximum absolute atomic E-state index is 12.8. The molecule has 3 aromatic rings. The summed E-state index contributed by atoms with van der Waals surface area (Å²) in [7, 11) is 0. The Bertz CT molecular complexity index is 850. The van der Waals surface area contributed by atoms with Gasteiger partial charge in [-0.05, 0) is 18.4 Å². The second-order valence-corrected chi connectivity index (χ2v) is 7.57. The zero-order chi connectivity index (χ0) is 19.2. The van der Waals surface area contributed by atoms with Crippen molar-refractivity contribution in [3.63, 3.8) is 0 Å². The predicted octanol–water partition coefficient (Wildman–Crippen LogP) is 2.70. The quantitative estimate of drug-likeness (QED) is 0.594.